The van der Waals surface area contributed by atoms with Crippen LogP contribution in [-0.2, 0) is 0 Å². The molecule has 0 saturated heterocycles. The first-order valence-corrected chi connectivity index (χ1v) is 6.97. The molecule has 2 N–H and O–H groups in total. The highest BCUT2D eigenvalue weighted by Crippen LogP contribution is 2.22. The lowest BCUT2D eigenvalue weighted by Crippen LogP contribution is -2.12. The number of nitro groups is 1. The number of anilines is 1. The fourth-order valence-corrected chi connectivity index (χ4v) is 2.18. The van der Waals surface area contributed by atoms with Gasteiger partial charge in [0, 0.05) is 33.9 Å². The number of hydrogen-bond donors (Lipinski definition) is 2. The van der Waals surface area contributed by atoms with Crippen LogP contribution in [0.5, 0.6) is 0 Å². The van der Waals surface area contributed by atoms with Crippen LogP contribution in [0.1, 0.15) is 35.8 Å². The van der Waals surface area contributed by atoms with E-state index in [0.717, 1.165) is 5.69 Å². The lowest BCUT2D eigenvalue weighted by atomic mass is 10.1. The third kappa shape index (κ3) is 3.66. The van der Waals surface area contributed by atoms with Crippen LogP contribution < -0.4 is 5.32 Å². The molecule has 0 spiro atoms. The van der Waals surface area contributed by atoms with Crippen molar-refractivity contribution < 1.29 is 9.72 Å². The van der Waals surface area contributed by atoms with Gasteiger partial charge in [-0.05, 0) is 12.0 Å². The number of nitrogens with one attached hydrogen (secondary N) is 2. The summed E-state index contributed by atoms with van der Waals surface area (Å²) in [6.07, 6.45) is 0. The van der Waals surface area contributed by atoms with Crippen molar-refractivity contribution in [1.82, 2.24) is 10.2 Å². The van der Waals surface area contributed by atoms with Gasteiger partial charge in [-0.3, -0.25) is 20.0 Å². The van der Waals surface area contributed by atoms with Crippen LogP contribution in [0.4, 0.5) is 11.5 Å². The number of aromatic amines is 1. The highest BCUT2D eigenvalue weighted by molar-refractivity contribution is 9.10. The number of non-ortho nitro benzene ring substituents is 1. The van der Waals surface area contributed by atoms with Crippen LogP contribution >= 0.6 is 15.9 Å². The van der Waals surface area contributed by atoms with E-state index in [1.807, 2.05) is 13.8 Å². The Bertz CT molecular complexity index is 696. The molecule has 2 rings (SSSR count). The Balaban J connectivity index is 2.21. The summed E-state index contributed by atoms with van der Waals surface area (Å²) < 4.78 is 0.465. The Morgan fingerprint density at radius 1 is 1.38 bits per heavy atom. The molecule has 0 radical (unpaired) electrons. The molecule has 0 bridgehead atoms. The smallest absolute Gasteiger partial charge is 0.271 e. The molecule has 0 aliphatic heterocycles. The minimum atomic E-state index is -0.549. The largest absolute Gasteiger partial charge is 0.305 e. The molecule has 1 aromatic heterocycles. The second kappa shape index (κ2) is 6.04. The Hall–Kier alpha value is -2.22. The Labute approximate surface area is 129 Å². The predicted octanol–water partition coefficient (Wildman–Crippen LogP) is 3.46. The Kier molecular flexibility index (Phi) is 4.37. The maximum atomic E-state index is 12.1. The van der Waals surface area contributed by atoms with E-state index in [2.05, 4.69) is 31.4 Å². The second-order valence-corrected chi connectivity index (χ2v) is 5.69. The molecule has 1 amide bonds. The zero-order chi connectivity index (χ0) is 15.6. The number of amides is 1. The second-order valence-electron chi connectivity index (χ2n) is 4.77. The van der Waals surface area contributed by atoms with Gasteiger partial charge in [0.05, 0.1) is 4.92 Å². The average Bonchev–Trinajstić information content (AvgIpc) is 2.86. The van der Waals surface area contributed by atoms with Crippen molar-refractivity contribution in [2.45, 2.75) is 19.8 Å². The molecule has 21 heavy (non-hydrogen) atoms. The number of carbonyl (C=O) groups excluding carboxylic acids is 1. The van der Waals surface area contributed by atoms with Crippen molar-refractivity contribution in [3.05, 3.63) is 50.1 Å². The van der Waals surface area contributed by atoms with E-state index in [4.69, 9.17) is 0 Å². The Morgan fingerprint density at radius 2 is 2.10 bits per heavy atom. The molecule has 1 aromatic carbocycles. The van der Waals surface area contributed by atoms with Gasteiger partial charge in [-0.1, -0.05) is 29.8 Å². The van der Waals surface area contributed by atoms with E-state index < -0.39 is 10.8 Å². The SMILES string of the molecule is CC(C)c1cc(NC(=O)c2cc(Br)cc([N+](=O)[O-])c2)n[nH]1. The molecular weight excluding hydrogens is 340 g/mol. The normalized spacial score (nSPS) is 10.7. The van der Waals surface area contributed by atoms with Crippen LogP contribution in [0, 0.1) is 10.1 Å². The molecule has 0 aliphatic carbocycles. The fraction of sp³-hybridized carbons (Fsp3) is 0.231. The number of carbonyl (C=O) groups is 1. The summed E-state index contributed by atoms with van der Waals surface area (Å²) >= 11 is 3.15. The van der Waals surface area contributed by atoms with E-state index in [9.17, 15) is 14.9 Å². The first kappa shape index (κ1) is 15.2. The van der Waals surface area contributed by atoms with Gasteiger partial charge < -0.3 is 5.32 Å². The molecule has 0 atom stereocenters. The van der Waals surface area contributed by atoms with E-state index in [1.54, 1.807) is 6.07 Å². The fourth-order valence-electron chi connectivity index (χ4n) is 1.70. The number of halogens is 1. The number of nitro benzene ring substituents is 1. The van der Waals surface area contributed by atoms with Crippen LogP contribution in [0.15, 0.2) is 28.7 Å². The number of H-pyrrole nitrogens is 1. The molecule has 2 aromatic rings. The molecular formula is C13H13BrN4O3. The highest BCUT2D eigenvalue weighted by atomic mass is 79.9. The maximum Gasteiger partial charge on any atom is 0.271 e. The number of hydrogen-bond acceptors (Lipinski definition) is 4. The van der Waals surface area contributed by atoms with E-state index in [1.165, 1.54) is 18.2 Å². The predicted molar refractivity (Wildman–Crippen MR) is 81.4 cm³/mol. The third-order valence-corrected chi connectivity index (χ3v) is 3.27. The first-order chi connectivity index (χ1) is 9.86. The van der Waals surface area contributed by atoms with Crippen molar-refractivity contribution in [1.29, 1.82) is 0 Å². The summed E-state index contributed by atoms with van der Waals surface area (Å²) in [6, 6.07) is 5.80. The number of nitrogens with zero attached hydrogens (tertiary/aromatic N) is 2. The summed E-state index contributed by atoms with van der Waals surface area (Å²) in [5.74, 6) is 0.183. The highest BCUT2D eigenvalue weighted by Gasteiger charge is 2.15. The molecule has 0 saturated carbocycles. The van der Waals surface area contributed by atoms with Gasteiger partial charge in [-0.25, -0.2) is 0 Å². The molecule has 110 valence electrons. The van der Waals surface area contributed by atoms with Crippen molar-refractivity contribution in [3.8, 4) is 0 Å². The number of aromatic nitrogens is 2. The molecule has 8 heteroatoms. The molecule has 0 unspecified atom stereocenters. The van der Waals surface area contributed by atoms with Gasteiger partial charge in [-0.15, -0.1) is 0 Å². The minimum Gasteiger partial charge on any atom is -0.305 e. The quantitative estimate of drug-likeness (QED) is 0.649. The summed E-state index contributed by atoms with van der Waals surface area (Å²) in [5.41, 5.74) is 0.926. The minimum absolute atomic E-state index is 0.153. The maximum absolute atomic E-state index is 12.1. The van der Waals surface area contributed by atoms with Crippen molar-refractivity contribution >= 4 is 33.3 Å². The van der Waals surface area contributed by atoms with Crippen LogP contribution in [0.25, 0.3) is 0 Å². The van der Waals surface area contributed by atoms with E-state index in [0.29, 0.717) is 10.3 Å². The monoisotopic (exact) mass is 352 g/mol. The van der Waals surface area contributed by atoms with Gasteiger partial charge >= 0.3 is 0 Å². The van der Waals surface area contributed by atoms with Crippen LogP contribution in [-0.4, -0.2) is 21.0 Å². The summed E-state index contributed by atoms with van der Waals surface area (Å²) in [7, 11) is 0. The standard InChI is InChI=1S/C13H13BrN4O3/c1-7(2)11-6-12(17-16-11)15-13(19)8-3-9(14)5-10(4-8)18(20)21/h3-7H,1-2H3,(H2,15,16,17,19). The summed E-state index contributed by atoms with van der Waals surface area (Å²) in [4.78, 5) is 22.4. The van der Waals surface area contributed by atoms with Gasteiger partial charge in [0.15, 0.2) is 5.82 Å². The van der Waals surface area contributed by atoms with E-state index in [-0.39, 0.29) is 17.2 Å². The van der Waals surface area contributed by atoms with Gasteiger partial charge in [0.25, 0.3) is 11.6 Å². The van der Waals surface area contributed by atoms with Crippen molar-refractivity contribution in [2.24, 2.45) is 0 Å². The lowest BCUT2D eigenvalue weighted by Gasteiger charge is -2.03. The van der Waals surface area contributed by atoms with Gasteiger partial charge in [0.1, 0.15) is 0 Å². The molecule has 0 fully saturated rings. The lowest BCUT2D eigenvalue weighted by molar-refractivity contribution is -0.384. The molecule has 1 heterocycles. The average molecular weight is 353 g/mol. The zero-order valence-electron chi connectivity index (χ0n) is 11.4. The van der Waals surface area contributed by atoms with Crippen molar-refractivity contribution in [3.63, 3.8) is 0 Å². The third-order valence-electron chi connectivity index (χ3n) is 2.82. The topological polar surface area (TPSA) is 101 Å². The number of benzene rings is 1. The molecule has 0 aliphatic rings. The van der Waals surface area contributed by atoms with Gasteiger partial charge in [-0.2, -0.15) is 5.10 Å². The van der Waals surface area contributed by atoms with Crippen LogP contribution in [0.2, 0.25) is 0 Å². The Morgan fingerprint density at radius 3 is 2.67 bits per heavy atom. The van der Waals surface area contributed by atoms with Gasteiger partial charge in [0.2, 0.25) is 0 Å². The number of rotatable bonds is 4. The first-order valence-electron chi connectivity index (χ1n) is 6.18. The zero-order valence-corrected chi connectivity index (χ0v) is 13.0. The van der Waals surface area contributed by atoms with E-state index >= 15 is 0 Å². The van der Waals surface area contributed by atoms with Crippen LogP contribution in [0.3, 0.4) is 0 Å². The van der Waals surface area contributed by atoms with Crippen molar-refractivity contribution in [2.75, 3.05) is 5.32 Å². The summed E-state index contributed by atoms with van der Waals surface area (Å²) in [5, 5.41) is 20.2. The molecule has 7 nitrogen and oxygen atoms in total. The summed E-state index contributed by atoms with van der Waals surface area (Å²) in [6.45, 7) is 3.99.